The molecule has 7 nitrogen and oxygen atoms in total. The van der Waals surface area contributed by atoms with Gasteiger partial charge in [-0.05, 0) is 116 Å². The summed E-state index contributed by atoms with van der Waals surface area (Å²) in [7, 11) is -2.11. The minimum atomic E-state index is -3.88. The lowest BCUT2D eigenvalue weighted by molar-refractivity contribution is 0.0131. The Kier molecular flexibility index (Phi) is 7.99. The first kappa shape index (κ1) is 30.1. The Morgan fingerprint density at radius 2 is 1.91 bits per heavy atom. The Morgan fingerprint density at radius 3 is 2.66 bits per heavy atom. The van der Waals surface area contributed by atoms with Gasteiger partial charge in [-0.15, -0.1) is 0 Å². The molecule has 3 aliphatic carbocycles. The number of anilines is 1. The first-order chi connectivity index (χ1) is 21.2. The fourth-order valence-corrected chi connectivity index (χ4v) is 10.7. The summed E-state index contributed by atoms with van der Waals surface area (Å²) < 4.78 is 42.5. The van der Waals surface area contributed by atoms with Crippen LogP contribution >= 0.6 is 11.6 Å². The third-order valence-corrected chi connectivity index (χ3v) is 13.3. The number of sulfonamides is 1. The van der Waals surface area contributed by atoms with E-state index in [9.17, 15) is 13.2 Å². The maximum atomic E-state index is 13.7. The summed E-state index contributed by atoms with van der Waals surface area (Å²) in [6.45, 7) is 4.07. The number of fused-ring (bicyclic) bond motifs is 4. The average molecular weight is 639 g/mol. The van der Waals surface area contributed by atoms with Crippen molar-refractivity contribution < 1.29 is 22.7 Å². The second-order valence-electron chi connectivity index (χ2n) is 13.9. The second-order valence-corrected chi connectivity index (χ2v) is 16.2. The van der Waals surface area contributed by atoms with Gasteiger partial charge in [0.15, 0.2) is 0 Å². The summed E-state index contributed by atoms with van der Waals surface area (Å²) >= 11 is 6.42. The van der Waals surface area contributed by atoms with Crippen LogP contribution in [0.25, 0.3) is 0 Å². The van der Waals surface area contributed by atoms with Gasteiger partial charge in [-0.25, -0.2) is 13.1 Å². The van der Waals surface area contributed by atoms with Crippen molar-refractivity contribution in [3.63, 3.8) is 0 Å². The average Bonchev–Trinajstić information content (AvgIpc) is 3.82. The molecule has 2 fully saturated rings. The number of ether oxygens (including phenoxy) is 2. The zero-order valence-electron chi connectivity index (χ0n) is 25.6. The van der Waals surface area contributed by atoms with Crippen LogP contribution in [0.1, 0.15) is 73.4 Å². The van der Waals surface area contributed by atoms with Crippen LogP contribution < -0.4 is 14.4 Å². The summed E-state index contributed by atoms with van der Waals surface area (Å²) in [6.07, 6.45) is 11.9. The van der Waals surface area contributed by atoms with Crippen LogP contribution in [0.3, 0.4) is 0 Å². The van der Waals surface area contributed by atoms with Crippen molar-refractivity contribution in [1.82, 2.24) is 4.72 Å². The van der Waals surface area contributed by atoms with E-state index in [1.54, 1.807) is 13.2 Å². The Hall–Kier alpha value is -2.55. The van der Waals surface area contributed by atoms with Crippen molar-refractivity contribution in [2.75, 3.05) is 31.7 Å². The first-order valence-corrected chi connectivity index (χ1v) is 18.2. The summed E-state index contributed by atoms with van der Waals surface area (Å²) in [5.41, 5.74) is 3.53. The summed E-state index contributed by atoms with van der Waals surface area (Å²) in [5, 5.41) is 0.144. The molecule has 0 radical (unpaired) electrons. The Labute approximate surface area is 266 Å². The van der Waals surface area contributed by atoms with Crippen LogP contribution in [0, 0.1) is 23.7 Å². The zero-order valence-corrected chi connectivity index (χ0v) is 27.2. The smallest absolute Gasteiger partial charge is 0.264 e. The molecule has 2 aromatic rings. The third-order valence-electron chi connectivity index (χ3n) is 11.0. The van der Waals surface area contributed by atoms with Crippen molar-refractivity contribution in [3.05, 3.63) is 70.3 Å². The predicted molar refractivity (Wildman–Crippen MR) is 173 cm³/mol. The molecule has 2 aromatic carbocycles. The molecule has 1 amide bonds. The van der Waals surface area contributed by atoms with E-state index in [1.165, 1.54) is 11.1 Å². The van der Waals surface area contributed by atoms with Crippen molar-refractivity contribution in [3.8, 4) is 5.75 Å². The third kappa shape index (κ3) is 5.56. The molecule has 5 aliphatic rings. The minimum absolute atomic E-state index is 0.0231. The summed E-state index contributed by atoms with van der Waals surface area (Å²) in [6, 6.07) is 11.6. The predicted octanol–water partition coefficient (Wildman–Crippen LogP) is 6.29. The van der Waals surface area contributed by atoms with Crippen molar-refractivity contribution in [1.29, 1.82) is 0 Å². The van der Waals surface area contributed by atoms with Gasteiger partial charge in [0.1, 0.15) is 5.75 Å². The van der Waals surface area contributed by atoms with Crippen LogP contribution in [0.4, 0.5) is 5.69 Å². The molecule has 2 heterocycles. The highest BCUT2D eigenvalue weighted by Crippen LogP contribution is 2.47. The molecule has 44 heavy (non-hydrogen) atoms. The Morgan fingerprint density at radius 1 is 1.09 bits per heavy atom. The van der Waals surface area contributed by atoms with Gasteiger partial charge < -0.3 is 14.4 Å². The molecular weight excluding hydrogens is 596 g/mol. The number of halogens is 1. The monoisotopic (exact) mass is 638 g/mol. The topological polar surface area (TPSA) is 84.9 Å². The molecular formula is C35H43ClN2O5S. The van der Waals surface area contributed by atoms with Gasteiger partial charge in [-0.1, -0.05) is 36.7 Å². The van der Waals surface area contributed by atoms with E-state index in [1.807, 2.05) is 25.1 Å². The number of nitrogens with zero attached hydrogens (tertiary/aromatic N) is 1. The lowest BCUT2D eigenvalue weighted by Gasteiger charge is -2.46. The van der Waals surface area contributed by atoms with E-state index in [0.717, 1.165) is 74.5 Å². The minimum Gasteiger partial charge on any atom is -0.490 e. The first-order valence-electron chi connectivity index (χ1n) is 16.2. The van der Waals surface area contributed by atoms with E-state index in [4.69, 9.17) is 21.1 Å². The summed E-state index contributed by atoms with van der Waals surface area (Å²) in [4.78, 5) is 16.0. The highest BCUT2D eigenvalue weighted by molar-refractivity contribution is 7.90. The number of methoxy groups -OCH3 is 1. The zero-order chi connectivity index (χ0) is 30.6. The molecule has 2 aliphatic heterocycles. The van der Waals surface area contributed by atoms with Gasteiger partial charge in [0, 0.05) is 36.2 Å². The lowest BCUT2D eigenvalue weighted by atomic mass is 9.68. The Balaban J connectivity index is 1.30. The van der Waals surface area contributed by atoms with Gasteiger partial charge in [-0.3, -0.25) is 4.79 Å². The van der Waals surface area contributed by atoms with Crippen molar-refractivity contribution in [2.24, 2.45) is 23.7 Å². The standard InChI is InChI=1S/C35H43ClN2O5S/c1-22-5-3-7-31(42-2)28-13-10-26(28)19-38-20-35(16-4-6-24-17-27(36)12-14-29(24)35)21-43-32-15-11-25(18-30(32)38)34(39)37-44(40,41)33(22)23-8-9-23/h3,7,11-12,14-15,17-18,22-23,26,28,31,33H,4-6,8-10,13,16,19-21H2,1-2H3,(H,37,39)/b7-3-/t22-,26+,28-,31+,33-,35+/m1/s1. The SMILES string of the molecule is CO[C@H]1/C=C\C[C@@H](C)[C@H](C2CC2)S(=O)(=O)NC(=O)c2ccc3c(c2)N(C[C@@H]2CC[C@H]21)C[C@@]1(CCCc2cc(Cl)ccc21)CO3. The van der Waals surface area contributed by atoms with Gasteiger partial charge >= 0.3 is 0 Å². The van der Waals surface area contributed by atoms with Crippen molar-refractivity contribution in [2.45, 2.75) is 75.1 Å². The number of aryl methyl sites for hydroxylation is 1. The highest BCUT2D eigenvalue weighted by atomic mass is 35.5. The maximum absolute atomic E-state index is 13.7. The molecule has 0 unspecified atom stereocenters. The molecule has 0 saturated heterocycles. The number of carbonyl (C=O) groups excluding carboxylic acids is 1. The number of amides is 1. The van der Waals surface area contributed by atoms with Gasteiger partial charge in [0.05, 0.1) is 23.6 Å². The summed E-state index contributed by atoms with van der Waals surface area (Å²) in [5.74, 6) is 0.903. The normalized spacial score (nSPS) is 34.0. The number of rotatable bonds is 2. The fraction of sp³-hybridized carbons (Fsp3) is 0.571. The van der Waals surface area contributed by atoms with Crippen LogP contribution in [0.5, 0.6) is 5.75 Å². The molecule has 6 atom stereocenters. The van der Waals surface area contributed by atoms with E-state index in [0.29, 0.717) is 30.4 Å². The maximum Gasteiger partial charge on any atom is 0.264 e. The molecule has 0 aromatic heterocycles. The molecule has 236 valence electrons. The molecule has 2 bridgehead atoms. The van der Waals surface area contributed by atoms with Gasteiger partial charge in [0.2, 0.25) is 10.0 Å². The fourth-order valence-electron chi connectivity index (χ4n) is 8.45. The second kappa shape index (κ2) is 11.7. The number of nitrogens with one attached hydrogen (secondary N) is 1. The molecule has 1 spiro atoms. The number of allylic oxidation sites excluding steroid dienone is 1. The van der Waals surface area contributed by atoms with E-state index < -0.39 is 21.2 Å². The van der Waals surface area contributed by atoms with Crippen LogP contribution in [-0.4, -0.2) is 52.5 Å². The number of benzene rings is 2. The Bertz CT molecular complexity index is 1570. The molecule has 7 rings (SSSR count). The van der Waals surface area contributed by atoms with Crippen LogP contribution in [0.15, 0.2) is 48.6 Å². The van der Waals surface area contributed by atoms with E-state index in [2.05, 4.69) is 33.9 Å². The molecule has 9 heteroatoms. The lowest BCUT2D eigenvalue weighted by Crippen LogP contribution is -2.49. The van der Waals surface area contributed by atoms with E-state index >= 15 is 0 Å². The number of hydrogen-bond donors (Lipinski definition) is 1. The van der Waals surface area contributed by atoms with E-state index in [-0.39, 0.29) is 23.4 Å². The number of hydrogen-bond acceptors (Lipinski definition) is 6. The molecule has 2 saturated carbocycles. The van der Waals surface area contributed by atoms with Gasteiger partial charge in [-0.2, -0.15) is 0 Å². The van der Waals surface area contributed by atoms with Crippen LogP contribution in [0.2, 0.25) is 5.02 Å². The largest absolute Gasteiger partial charge is 0.490 e. The molecule has 1 N–H and O–H groups in total. The van der Waals surface area contributed by atoms with Crippen molar-refractivity contribution >= 4 is 33.2 Å². The quantitative estimate of drug-likeness (QED) is 0.390. The highest BCUT2D eigenvalue weighted by Gasteiger charge is 2.46. The number of carbonyl (C=O) groups is 1. The van der Waals surface area contributed by atoms with Crippen LogP contribution in [-0.2, 0) is 26.6 Å². The van der Waals surface area contributed by atoms with Gasteiger partial charge in [0.25, 0.3) is 5.91 Å².